The number of benzene rings is 2. The van der Waals surface area contributed by atoms with E-state index in [1.165, 1.54) is 25.2 Å². The molecule has 0 unspecified atom stereocenters. The van der Waals surface area contributed by atoms with Crippen molar-refractivity contribution in [3.63, 3.8) is 0 Å². The number of piperazine rings is 1. The van der Waals surface area contributed by atoms with Crippen LogP contribution in [0.5, 0.6) is 0 Å². The number of hydrogen-bond acceptors (Lipinski definition) is 5. The van der Waals surface area contributed by atoms with E-state index in [4.69, 9.17) is 11.6 Å². The lowest BCUT2D eigenvalue weighted by Gasteiger charge is -2.36. The molecule has 8 nitrogen and oxygen atoms in total. The Bertz CT molecular complexity index is 917. The normalized spacial score (nSPS) is 14.1. The van der Waals surface area contributed by atoms with Crippen molar-refractivity contribution in [1.82, 2.24) is 10.2 Å². The Kier molecular flexibility index (Phi) is 5.79. The first-order valence-electron chi connectivity index (χ1n) is 8.66. The highest BCUT2D eigenvalue weighted by Gasteiger charge is 2.27. The number of amides is 2. The van der Waals surface area contributed by atoms with Gasteiger partial charge >= 0.3 is 0 Å². The van der Waals surface area contributed by atoms with E-state index < -0.39 is 10.8 Å². The number of anilines is 1. The summed E-state index contributed by atoms with van der Waals surface area (Å²) < 4.78 is 0. The zero-order valence-corrected chi connectivity index (χ0v) is 16.0. The van der Waals surface area contributed by atoms with Gasteiger partial charge in [0.05, 0.1) is 22.7 Å². The molecule has 0 radical (unpaired) electrons. The number of non-ortho nitro benzene ring substituents is 1. The van der Waals surface area contributed by atoms with E-state index in [0.717, 1.165) is 5.56 Å². The van der Waals surface area contributed by atoms with Crippen molar-refractivity contribution in [2.45, 2.75) is 6.54 Å². The fourth-order valence-electron chi connectivity index (χ4n) is 3.12. The van der Waals surface area contributed by atoms with Crippen molar-refractivity contribution in [3.05, 3.63) is 68.7 Å². The Hall–Kier alpha value is -3.13. The van der Waals surface area contributed by atoms with E-state index >= 15 is 0 Å². The molecule has 0 bridgehead atoms. The van der Waals surface area contributed by atoms with Crippen LogP contribution in [-0.2, 0) is 11.3 Å². The third-order valence-corrected chi connectivity index (χ3v) is 4.86. The topological polar surface area (TPSA) is 95.8 Å². The summed E-state index contributed by atoms with van der Waals surface area (Å²) >= 11 is 5.89. The molecule has 0 saturated carbocycles. The fraction of sp³-hybridized carbons (Fsp3) is 0.263. The number of halogens is 1. The number of nitro benzene ring substituents is 1. The van der Waals surface area contributed by atoms with Gasteiger partial charge in [-0.2, -0.15) is 0 Å². The van der Waals surface area contributed by atoms with Crippen molar-refractivity contribution in [3.8, 4) is 0 Å². The van der Waals surface area contributed by atoms with E-state index in [1.54, 1.807) is 21.9 Å². The molecule has 28 heavy (non-hydrogen) atoms. The number of carbonyl (C=O) groups is 2. The minimum Gasteiger partial charge on any atom is -0.360 e. The molecule has 1 N–H and O–H groups in total. The molecule has 1 aliphatic rings. The first kappa shape index (κ1) is 19.6. The van der Waals surface area contributed by atoms with E-state index in [-0.39, 0.29) is 23.7 Å². The predicted octanol–water partition coefficient (Wildman–Crippen LogP) is 2.46. The van der Waals surface area contributed by atoms with Crippen LogP contribution in [-0.4, -0.2) is 48.3 Å². The Balaban J connectivity index is 1.77. The first-order chi connectivity index (χ1) is 13.4. The van der Waals surface area contributed by atoms with Crippen molar-refractivity contribution in [1.29, 1.82) is 0 Å². The van der Waals surface area contributed by atoms with Crippen molar-refractivity contribution >= 4 is 34.8 Å². The molecule has 146 valence electrons. The summed E-state index contributed by atoms with van der Waals surface area (Å²) in [5.74, 6) is -0.517. The summed E-state index contributed by atoms with van der Waals surface area (Å²) in [4.78, 5) is 38.8. The average Bonchev–Trinajstić information content (AvgIpc) is 2.70. The maximum Gasteiger partial charge on any atom is 0.270 e. The number of nitro groups is 1. The monoisotopic (exact) mass is 402 g/mol. The van der Waals surface area contributed by atoms with Crippen LogP contribution >= 0.6 is 11.6 Å². The molecule has 0 aliphatic carbocycles. The Morgan fingerprint density at radius 2 is 1.93 bits per heavy atom. The standard InChI is InChI=1S/C19H19ClN4O4/c1-21-19(26)16-10-15(24(27)28)6-7-17(16)22-8-9-23(18(25)12-22)11-13-2-4-14(20)5-3-13/h2-7,10H,8-9,11-12H2,1H3,(H,21,26). The molecule has 1 saturated heterocycles. The molecule has 3 rings (SSSR count). The summed E-state index contributed by atoms with van der Waals surface area (Å²) in [7, 11) is 1.46. The summed E-state index contributed by atoms with van der Waals surface area (Å²) in [5.41, 5.74) is 1.49. The lowest BCUT2D eigenvalue weighted by Crippen LogP contribution is -2.50. The largest absolute Gasteiger partial charge is 0.360 e. The van der Waals surface area contributed by atoms with Gasteiger partial charge in [-0.3, -0.25) is 19.7 Å². The second-order valence-electron chi connectivity index (χ2n) is 6.40. The van der Waals surface area contributed by atoms with Gasteiger partial charge < -0.3 is 15.1 Å². The summed E-state index contributed by atoms with van der Waals surface area (Å²) in [6.07, 6.45) is 0. The third kappa shape index (κ3) is 4.23. The smallest absolute Gasteiger partial charge is 0.270 e. The maximum atomic E-state index is 12.6. The minimum absolute atomic E-state index is 0.0811. The van der Waals surface area contributed by atoms with Crippen LogP contribution in [0.15, 0.2) is 42.5 Å². The van der Waals surface area contributed by atoms with E-state index in [2.05, 4.69) is 5.32 Å². The molecule has 1 aliphatic heterocycles. The quantitative estimate of drug-likeness (QED) is 0.612. The van der Waals surface area contributed by atoms with Gasteiger partial charge in [-0.1, -0.05) is 23.7 Å². The lowest BCUT2D eigenvalue weighted by atomic mass is 10.1. The first-order valence-corrected chi connectivity index (χ1v) is 9.04. The summed E-state index contributed by atoms with van der Waals surface area (Å²) in [6, 6.07) is 11.4. The molecule has 1 fully saturated rings. The predicted molar refractivity (Wildman–Crippen MR) is 106 cm³/mol. The molecule has 0 aromatic heterocycles. The van der Waals surface area contributed by atoms with Crippen LogP contribution in [0.2, 0.25) is 5.02 Å². The summed E-state index contributed by atoms with van der Waals surface area (Å²) in [6.45, 7) is 1.56. The number of nitrogens with zero attached hydrogens (tertiary/aromatic N) is 3. The maximum absolute atomic E-state index is 12.6. The Labute approximate surface area is 166 Å². The van der Waals surface area contributed by atoms with Crippen molar-refractivity contribution in [2.24, 2.45) is 0 Å². The molecule has 0 atom stereocenters. The Morgan fingerprint density at radius 1 is 1.21 bits per heavy atom. The van der Waals surface area contributed by atoms with Gasteiger partial charge in [0.1, 0.15) is 0 Å². The molecule has 2 aromatic carbocycles. The zero-order chi connectivity index (χ0) is 20.3. The number of nitrogens with one attached hydrogen (secondary N) is 1. The molecule has 9 heteroatoms. The molecule has 1 heterocycles. The number of hydrogen-bond donors (Lipinski definition) is 1. The van der Waals surface area contributed by atoms with Gasteiger partial charge in [0.15, 0.2) is 0 Å². The number of carbonyl (C=O) groups excluding carboxylic acids is 2. The van der Waals surface area contributed by atoms with Gasteiger partial charge in [0.25, 0.3) is 11.6 Å². The highest BCUT2D eigenvalue weighted by atomic mass is 35.5. The SMILES string of the molecule is CNC(=O)c1cc([N+](=O)[O-])ccc1N1CCN(Cc2ccc(Cl)cc2)C(=O)C1. The van der Waals surface area contributed by atoms with E-state index in [9.17, 15) is 19.7 Å². The van der Waals surface area contributed by atoms with Crippen molar-refractivity contribution in [2.75, 3.05) is 31.6 Å². The third-order valence-electron chi connectivity index (χ3n) is 4.61. The van der Waals surface area contributed by atoms with Crippen molar-refractivity contribution < 1.29 is 14.5 Å². The van der Waals surface area contributed by atoms with Gasteiger partial charge in [-0.15, -0.1) is 0 Å². The van der Waals surface area contributed by atoms with Gasteiger partial charge in [-0.25, -0.2) is 0 Å². The van der Waals surface area contributed by atoms with E-state index in [1.807, 2.05) is 12.1 Å². The fourth-order valence-corrected chi connectivity index (χ4v) is 3.25. The van der Waals surface area contributed by atoms with E-state index in [0.29, 0.717) is 30.3 Å². The molecule has 2 amide bonds. The molecule has 0 spiro atoms. The van der Waals surface area contributed by atoms with Crippen LogP contribution in [0.1, 0.15) is 15.9 Å². The second kappa shape index (κ2) is 8.26. The molecular weight excluding hydrogens is 384 g/mol. The van der Waals surface area contributed by atoms with Crippen LogP contribution in [0, 0.1) is 10.1 Å². The molecule has 2 aromatic rings. The van der Waals surface area contributed by atoms with Crippen LogP contribution in [0.25, 0.3) is 0 Å². The van der Waals surface area contributed by atoms with Crippen LogP contribution in [0.3, 0.4) is 0 Å². The van der Waals surface area contributed by atoms with Crippen LogP contribution in [0.4, 0.5) is 11.4 Å². The van der Waals surface area contributed by atoms with Gasteiger partial charge in [0.2, 0.25) is 5.91 Å². The van der Waals surface area contributed by atoms with Gasteiger partial charge in [-0.05, 0) is 23.8 Å². The highest BCUT2D eigenvalue weighted by molar-refractivity contribution is 6.30. The Morgan fingerprint density at radius 3 is 2.54 bits per heavy atom. The second-order valence-corrected chi connectivity index (χ2v) is 6.84. The lowest BCUT2D eigenvalue weighted by molar-refractivity contribution is -0.384. The summed E-state index contributed by atoms with van der Waals surface area (Å²) in [5, 5.41) is 14.2. The highest BCUT2D eigenvalue weighted by Crippen LogP contribution is 2.27. The minimum atomic E-state index is -0.550. The molecular formula is C19H19ClN4O4. The van der Waals surface area contributed by atoms with Crippen LogP contribution < -0.4 is 10.2 Å². The number of rotatable bonds is 5. The van der Waals surface area contributed by atoms with Gasteiger partial charge in [0, 0.05) is 43.8 Å². The average molecular weight is 403 g/mol. The zero-order valence-electron chi connectivity index (χ0n) is 15.2.